The summed E-state index contributed by atoms with van der Waals surface area (Å²) in [5.41, 5.74) is 7.20. The Morgan fingerprint density at radius 3 is 2.61 bits per heavy atom. The predicted octanol–water partition coefficient (Wildman–Crippen LogP) is 2.88. The minimum absolute atomic E-state index is 0.0750. The van der Waals surface area contributed by atoms with E-state index in [0.717, 1.165) is 4.90 Å². The van der Waals surface area contributed by atoms with Crippen LogP contribution in [0.1, 0.15) is 39.3 Å². The zero-order valence-electron chi connectivity index (χ0n) is 24.4. The Morgan fingerprint density at radius 1 is 1.13 bits per heavy atom. The van der Waals surface area contributed by atoms with Crippen LogP contribution in [-0.2, 0) is 6.54 Å². The van der Waals surface area contributed by atoms with E-state index in [0.29, 0.717) is 29.0 Å². The molecule has 0 bridgehead atoms. The molecule has 2 aliphatic rings. The fourth-order valence-electron chi connectivity index (χ4n) is 5.79. The molecule has 0 aromatic carbocycles. The SMILES string of the molecule is COc1nccc(-c2cc(CN3CCC(F)(F)CC3)c3c(N)ncnn23)c1C(=O)N[C@@H]1CN(C(=O)c2ncc(F)cc2F)C[C@@H]1F. The number of nitrogens with two attached hydrogens (primary N) is 1. The van der Waals surface area contributed by atoms with E-state index in [-0.39, 0.29) is 61.8 Å². The van der Waals surface area contributed by atoms with E-state index in [2.05, 4.69) is 25.4 Å². The lowest BCUT2D eigenvalue weighted by Crippen LogP contribution is -2.42. The molecule has 0 saturated carbocycles. The summed E-state index contributed by atoms with van der Waals surface area (Å²) in [7, 11) is 1.30. The van der Waals surface area contributed by atoms with E-state index in [1.165, 1.54) is 30.2 Å². The summed E-state index contributed by atoms with van der Waals surface area (Å²) >= 11 is 0. The van der Waals surface area contributed by atoms with Gasteiger partial charge < -0.3 is 20.7 Å². The molecule has 3 N–H and O–H groups in total. The molecule has 12 nitrogen and oxygen atoms in total. The summed E-state index contributed by atoms with van der Waals surface area (Å²) < 4.78 is 77.1. The second-order valence-corrected chi connectivity index (χ2v) is 11.1. The Kier molecular flexibility index (Phi) is 8.18. The van der Waals surface area contributed by atoms with Gasteiger partial charge in [-0.3, -0.25) is 14.5 Å². The third kappa shape index (κ3) is 5.89. The molecule has 46 heavy (non-hydrogen) atoms. The van der Waals surface area contributed by atoms with Crippen LogP contribution in [0.3, 0.4) is 0 Å². The molecule has 2 fully saturated rings. The topological polar surface area (TPSA) is 144 Å². The van der Waals surface area contributed by atoms with Gasteiger partial charge in [0.25, 0.3) is 17.7 Å². The number of pyridine rings is 2. The van der Waals surface area contributed by atoms with Crippen molar-refractivity contribution in [2.24, 2.45) is 0 Å². The monoisotopic (exact) mass is 645 g/mol. The Morgan fingerprint density at radius 2 is 1.89 bits per heavy atom. The highest BCUT2D eigenvalue weighted by Crippen LogP contribution is 2.35. The number of anilines is 1. The van der Waals surface area contributed by atoms with Crippen LogP contribution in [-0.4, -0.2) is 97.6 Å². The number of nitrogens with zero attached hydrogens (tertiary/aromatic N) is 7. The van der Waals surface area contributed by atoms with Crippen molar-refractivity contribution < 1.29 is 36.3 Å². The number of carbonyl (C=O) groups is 2. The van der Waals surface area contributed by atoms with Gasteiger partial charge in [-0.25, -0.2) is 41.4 Å². The largest absolute Gasteiger partial charge is 0.480 e. The average molecular weight is 646 g/mol. The molecule has 0 unspecified atom stereocenters. The first-order valence-electron chi connectivity index (χ1n) is 14.3. The molecule has 2 amide bonds. The Balaban J connectivity index is 1.30. The van der Waals surface area contributed by atoms with Crippen LogP contribution in [0.4, 0.5) is 27.8 Å². The number of halogens is 5. The number of rotatable bonds is 7. The van der Waals surface area contributed by atoms with Crippen molar-refractivity contribution in [3.63, 3.8) is 0 Å². The number of hydrogen-bond acceptors (Lipinski definition) is 9. The van der Waals surface area contributed by atoms with E-state index in [1.807, 2.05) is 4.90 Å². The highest BCUT2D eigenvalue weighted by molar-refractivity contribution is 6.03. The number of alkyl halides is 3. The lowest BCUT2D eigenvalue weighted by Gasteiger charge is -2.31. The van der Waals surface area contributed by atoms with Crippen molar-refractivity contribution in [2.75, 3.05) is 39.0 Å². The Bertz CT molecular complexity index is 1810. The number of nitrogens with one attached hydrogen (secondary N) is 1. The van der Waals surface area contributed by atoms with Gasteiger partial charge in [0.2, 0.25) is 5.88 Å². The molecule has 242 valence electrons. The maximum Gasteiger partial charge on any atom is 0.275 e. The normalized spacial score (nSPS) is 19.8. The number of fused-ring (bicyclic) bond motifs is 1. The molecule has 2 saturated heterocycles. The molecule has 2 atom stereocenters. The van der Waals surface area contributed by atoms with Crippen LogP contribution < -0.4 is 15.8 Å². The molecule has 2 aliphatic heterocycles. The van der Waals surface area contributed by atoms with Gasteiger partial charge in [-0.15, -0.1) is 0 Å². The highest BCUT2D eigenvalue weighted by Gasteiger charge is 2.39. The first-order valence-corrected chi connectivity index (χ1v) is 14.3. The molecular weight excluding hydrogens is 617 g/mol. The third-order valence-electron chi connectivity index (χ3n) is 8.12. The van der Waals surface area contributed by atoms with Crippen molar-refractivity contribution in [3.8, 4) is 17.1 Å². The maximum atomic E-state index is 15.2. The molecular formula is C29H28F5N9O3. The van der Waals surface area contributed by atoms with Gasteiger partial charge in [-0.2, -0.15) is 5.10 Å². The first kappa shape index (κ1) is 31.1. The number of hydrogen-bond donors (Lipinski definition) is 2. The summed E-state index contributed by atoms with van der Waals surface area (Å²) in [5.74, 6) is -6.60. The van der Waals surface area contributed by atoms with Gasteiger partial charge in [-0.1, -0.05) is 0 Å². The number of piperidine rings is 1. The standard InChI is InChI=1S/C29H28F5N9O3/c1-46-27-22(26(44)40-20-13-42(12-19(20)32)28(45)23-18(31)9-16(30)10-37-23)17(2-5-36-27)21-8-15(24-25(35)38-14-39-43(21)24)11-41-6-3-29(33,34)4-7-41/h2,5,8-10,14,19-20H,3-4,6-7,11-13H2,1H3,(H,40,44)(H2,35,38,39)/t19-,20+/m0/s1. The van der Waals surface area contributed by atoms with Crippen LogP contribution in [0.15, 0.2) is 36.9 Å². The molecule has 4 aromatic heterocycles. The van der Waals surface area contributed by atoms with Gasteiger partial charge in [0.1, 0.15) is 29.4 Å². The van der Waals surface area contributed by atoms with Crippen molar-refractivity contribution in [1.82, 2.24) is 39.7 Å². The lowest BCUT2D eigenvalue weighted by atomic mass is 10.0. The van der Waals surface area contributed by atoms with E-state index >= 15 is 4.39 Å². The third-order valence-corrected chi connectivity index (χ3v) is 8.12. The minimum Gasteiger partial charge on any atom is -0.480 e. The average Bonchev–Trinajstić information content (AvgIpc) is 3.58. The zero-order valence-corrected chi connectivity index (χ0v) is 24.4. The van der Waals surface area contributed by atoms with Gasteiger partial charge in [-0.05, 0) is 17.7 Å². The van der Waals surface area contributed by atoms with Gasteiger partial charge in [0, 0.05) is 56.8 Å². The molecule has 0 aliphatic carbocycles. The zero-order chi connectivity index (χ0) is 32.7. The number of aromatic nitrogens is 5. The summed E-state index contributed by atoms with van der Waals surface area (Å²) in [6.45, 7) is -0.193. The molecule has 6 rings (SSSR count). The second-order valence-electron chi connectivity index (χ2n) is 11.1. The lowest BCUT2D eigenvalue weighted by molar-refractivity contribution is -0.0565. The van der Waals surface area contributed by atoms with Crippen LogP contribution in [0.2, 0.25) is 0 Å². The number of amides is 2. The number of nitrogen functional groups attached to an aromatic ring is 1. The van der Waals surface area contributed by atoms with Crippen LogP contribution in [0, 0.1) is 11.6 Å². The van der Waals surface area contributed by atoms with Crippen molar-refractivity contribution in [3.05, 3.63) is 65.4 Å². The number of likely N-dealkylation sites (tertiary alicyclic amines) is 2. The fourth-order valence-corrected chi connectivity index (χ4v) is 5.79. The molecule has 0 radical (unpaired) electrons. The first-order chi connectivity index (χ1) is 22.0. The number of methoxy groups -OCH3 is 1. The summed E-state index contributed by atoms with van der Waals surface area (Å²) in [6.07, 6.45) is 1.02. The van der Waals surface area contributed by atoms with Crippen LogP contribution in [0.5, 0.6) is 5.88 Å². The van der Waals surface area contributed by atoms with Crippen LogP contribution >= 0.6 is 0 Å². The number of ether oxygens (including phenoxy) is 1. The van der Waals surface area contributed by atoms with E-state index in [4.69, 9.17) is 10.5 Å². The smallest absolute Gasteiger partial charge is 0.275 e. The van der Waals surface area contributed by atoms with Crippen molar-refractivity contribution in [2.45, 2.75) is 37.5 Å². The Labute approximate surface area is 258 Å². The minimum atomic E-state index is -2.72. The highest BCUT2D eigenvalue weighted by atomic mass is 19.3. The van der Waals surface area contributed by atoms with Crippen molar-refractivity contribution >= 4 is 23.1 Å². The van der Waals surface area contributed by atoms with E-state index in [9.17, 15) is 27.2 Å². The molecule has 6 heterocycles. The molecule has 0 spiro atoms. The van der Waals surface area contributed by atoms with E-state index < -0.39 is 53.8 Å². The van der Waals surface area contributed by atoms with Crippen molar-refractivity contribution in [1.29, 1.82) is 0 Å². The predicted molar refractivity (Wildman–Crippen MR) is 153 cm³/mol. The van der Waals surface area contributed by atoms with Gasteiger partial charge in [0.15, 0.2) is 17.3 Å². The summed E-state index contributed by atoms with van der Waals surface area (Å²) in [5, 5.41) is 6.91. The molecule has 4 aromatic rings. The quantitative estimate of drug-likeness (QED) is 0.290. The van der Waals surface area contributed by atoms with Gasteiger partial charge in [0.05, 0.1) is 31.6 Å². The Hall–Kier alpha value is -4.93. The maximum absolute atomic E-state index is 15.2. The van der Waals surface area contributed by atoms with E-state index in [1.54, 1.807) is 6.07 Å². The summed E-state index contributed by atoms with van der Waals surface area (Å²) in [6, 6.07) is 2.55. The molecule has 17 heteroatoms. The summed E-state index contributed by atoms with van der Waals surface area (Å²) in [4.78, 5) is 41.2. The number of carbonyl (C=O) groups excluding carboxylic acids is 2. The van der Waals surface area contributed by atoms with Crippen LogP contribution in [0.25, 0.3) is 16.8 Å². The fraction of sp³-hybridized carbons (Fsp3) is 0.379. The second kappa shape index (κ2) is 12.1. The van der Waals surface area contributed by atoms with Gasteiger partial charge >= 0.3 is 0 Å².